The highest BCUT2D eigenvalue weighted by atomic mass is 127. The predicted octanol–water partition coefficient (Wildman–Crippen LogP) is -1.33. The molecule has 0 aliphatic heterocycles. The summed E-state index contributed by atoms with van der Waals surface area (Å²) in [5.74, 6) is 1.36. The molecular formula is C9H17IN2. The topological polar surface area (TPSA) is 19.7 Å². The Morgan fingerprint density at radius 3 is 2.67 bits per heavy atom. The Morgan fingerprint density at radius 2 is 2.08 bits per heavy atom. The molecule has 1 N–H and O–H groups in total. The third-order valence-electron chi connectivity index (χ3n) is 1.80. The smallest absolute Gasteiger partial charge is 0.254 e. The molecule has 0 aromatic carbocycles. The van der Waals surface area contributed by atoms with Crippen LogP contribution in [0.25, 0.3) is 0 Å². The van der Waals surface area contributed by atoms with Gasteiger partial charge >= 0.3 is 0 Å². The van der Waals surface area contributed by atoms with Gasteiger partial charge in [0.25, 0.3) is 5.82 Å². The fraction of sp³-hybridized carbons (Fsp3) is 0.667. The zero-order valence-corrected chi connectivity index (χ0v) is 9.97. The first-order chi connectivity index (χ1) is 5.38. The molecule has 0 fully saturated rings. The second-order valence-corrected chi connectivity index (χ2v) is 2.85. The van der Waals surface area contributed by atoms with Crippen LogP contribution in [-0.2, 0) is 13.0 Å². The van der Waals surface area contributed by atoms with Crippen molar-refractivity contribution in [1.82, 2.24) is 4.98 Å². The van der Waals surface area contributed by atoms with E-state index in [1.807, 2.05) is 6.20 Å². The van der Waals surface area contributed by atoms with Crippen molar-refractivity contribution >= 4 is 0 Å². The summed E-state index contributed by atoms with van der Waals surface area (Å²) in [6, 6.07) is 0. The number of nitrogens with one attached hydrogen (secondary N) is 1. The zero-order valence-electron chi connectivity index (χ0n) is 7.81. The van der Waals surface area contributed by atoms with Crippen LogP contribution in [-0.4, -0.2) is 4.98 Å². The van der Waals surface area contributed by atoms with Crippen LogP contribution in [0.4, 0.5) is 0 Å². The molecule has 0 saturated heterocycles. The van der Waals surface area contributed by atoms with Crippen molar-refractivity contribution in [3.05, 3.63) is 18.2 Å². The Labute approximate surface area is 91.4 Å². The first kappa shape index (κ1) is 11.9. The Kier molecular flexibility index (Phi) is 6.42. The Bertz CT molecular complexity index is 188. The van der Waals surface area contributed by atoms with Crippen LogP contribution in [0.15, 0.2) is 12.4 Å². The van der Waals surface area contributed by atoms with Gasteiger partial charge in [0.15, 0.2) is 0 Å². The molecule has 0 bridgehead atoms. The zero-order chi connectivity index (χ0) is 8.10. The van der Waals surface area contributed by atoms with Gasteiger partial charge in [-0.3, -0.25) is 0 Å². The minimum atomic E-state index is 0. The van der Waals surface area contributed by atoms with Gasteiger partial charge in [0.1, 0.15) is 12.4 Å². The van der Waals surface area contributed by atoms with Gasteiger partial charge in [0.05, 0.1) is 6.54 Å². The second kappa shape index (κ2) is 6.46. The molecule has 1 aromatic rings. The maximum atomic E-state index is 3.25. The predicted molar refractivity (Wildman–Crippen MR) is 45.3 cm³/mol. The molecule has 0 radical (unpaired) electrons. The van der Waals surface area contributed by atoms with Crippen molar-refractivity contribution in [2.45, 2.75) is 39.7 Å². The van der Waals surface area contributed by atoms with Crippen LogP contribution < -0.4 is 28.5 Å². The van der Waals surface area contributed by atoms with Crippen molar-refractivity contribution in [2.24, 2.45) is 0 Å². The van der Waals surface area contributed by atoms with Gasteiger partial charge in [-0.2, -0.15) is 0 Å². The minimum Gasteiger partial charge on any atom is -1.00 e. The summed E-state index contributed by atoms with van der Waals surface area (Å²) in [6.07, 6.45) is 7.71. The van der Waals surface area contributed by atoms with Crippen molar-refractivity contribution < 1.29 is 28.5 Å². The van der Waals surface area contributed by atoms with Crippen LogP contribution in [0, 0.1) is 0 Å². The summed E-state index contributed by atoms with van der Waals surface area (Å²) in [5.41, 5.74) is 0. The lowest BCUT2D eigenvalue weighted by molar-refractivity contribution is -0.702. The van der Waals surface area contributed by atoms with E-state index in [4.69, 9.17) is 0 Å². The molecule has 12 heavy (non-hydrogen) atoms. The molecule has 0 spiro atoms. The van der Waals surface area contributed by atoms with Crippen molar-refractivity contribution in [2.75, 3.05) is 0 Å². The molecule has 0 amide bonds. The Morgan fingerprint density at radius 1 is 1.33 bits per heavy atom. The monoisotopic (exact) mass is 280 g/mol. The number of aromatic nitrogens is 2. The fourth-order valence-corrected chi connectivity index (χ4v) is 1.30. The number of halogens is 1. The number of aromatic amines is 1. The Balaban J connectivity index is 0.00000121. The summed E-state index contributed by atoms with van der Waals surface area (Å²) < 4.78 is 2.30. The van der Waals surface area contributed by atoms with Crippen LogP contribution in [0.3, 0.4) is 0 Å². The van der Waals surface area contributed by atoms with Gasteiger partial charge in [0.2, 0.25) is 0 Å². The number of rotatable bonds is 4. The molecule has 70 valence electrons. The largest absolute Gasteiger partial charge is 1.00 e. The van der Waals surface area contributed by atoms with Crippen molar-refractivity contribution in [1.29, 1.82) is 0 Å². The second-order valence-electron chi connectivity index (χ2n) is 2.85. The van der Waals surface area contributed by atoms with E-state index in [0.717, 1.165) is 13.0 Å². The number of hydrogen-bond acceptors (Lipinski definition) is 0. The van der Waals surface area contributed by atoms with E-state index in [2.05, 4.69) is 29.6 Å². The first-order valence-electron chi connectivity index (χ1n) is 4.44. The van der Waals surface area contributed by atoms with Gasteiger partial charge in [-0.15, -0.1) is 0 Å². The van der Waals surface area contributed by atoms with E-state index >= 15 is 0 Å². The SMILES string of the molecule is CCCc1[nH]cc[n+]1CCC.[I-]. The molecule has 0 unspecified atom stereocenters. The summed E-state index contributed by atoms with van der Waals surface area (Å²) >= 11 is 0. The van der Waals surface area contributed by atoms with Crippen LogP contribution in [0.1, 0.15) is 32.5 Å². The van der Waals surface area contributed by atoms with E-state index < -0.39 is 0 Å². The molecule has 1 heterocycles. The summed E-state index contributed by atoms with van der Waals surface area (Å²) in [6.45, 7) is 5.55. The lowest BCUT2D eigenvalue weighted by Gasteiger charge is -1.95. The number of nitrogens with zero attached hydrogens (tertiary/aromatic N) is 1. The number of hydrogen-bond donors (Lipinski definition) is 1. The molecule has 2 nitrogen and oxygen atoms in total. The fourth-order valence-electron chi connectivity index (χ4n) is 1.30. The van der Waals surface area contributed by atoms with Crippen molar-refractivity contribution in [3.63, 3.8) is 0 Å². The van der Waals surface area contributed by atoms with Crippen LogP contribution in [0.2, 0.25) is 0 Å². The van der Waals surface area contributed by atoms with E-state index in [1.165, 1.54) is 18.7 Å². The molecular weight excluding hydrogens is 263 g/mol. The third-order valence-corrected chi connectivity index (χ3v) is 1.80. The molecule has 0 atom stereocenters. The van der Waals surface area contributed by atoms with Gasteiger partial charge in [-0.05, 0) is 12.8 Å². The number of imidazole rings is 1. The minimum absolute atomic E-state index is 0. The molecule has 0 aliphatic carbocycles. The Hall–Kier alpha value is -0.0600. The normalized spacial score (nSPS) is 9.50. The van der Waals surface area contributed by atoms with Gasteiger partial charge in [-0.25, -0.2) is 9.55 Å². The summed E-state index contributed by atoms with van der Waals surface area (Å²) in [5, 5.41) is 0. The van der Waals surface area contributed by atoms with E-state index in [1.54, 1.807) is 0 Å². The van der Waals surface area contributed by atoms with Crippen LogP contribution in [0.5, 0.6) is 0 Å². The maximum absolute atomic E-state index is 3.25. The first-order valence-corrected chi connectivity index (χ1v) is 4.44. The van der Waals surface area contributed by atoms with Gasteiger partial charge in [0, 0.05) is 6.42 Å². The third kappa shape index (κ3) is 3.13. The average molecular weight is 280 g/mol. The van der Waals surface area contributed by atoms with E-state index in [-0.39, 0.29) is 24.0 Å². The number of aryl methyl sites for hydroxylation is 2. The molecule has 3 heteroatoms. The highest BCUT2D eigenvalue weighted by Crippen LogP contribution is 1.92. The van der Waals surface area contributed by atoms with Gasteiger partial charge < -0.3 is 24.0 Å². The van der Waals surface area contributed by atoms with E-state index in [9.17, 15) is 0 Å². The lowest BCUT2D eigenvalue weighted by atomic mass is 10.3. The highest BCUT2D eigenvalue weighted by molar-refractivity contribution is 4.76. The highest BCUT2D eigenvalue weighted by Gasteiger charge is 2.06. The maximum Gasteiger partial charge on any atom is 0.254 e. The van der Waals surface area contributed by atoms with Crippen LogP contribution >= 0.6 is 0 Å². The van der Waals surface area contributed by atoms with E-state index in [0.29, 0.717) is 0 Å². The van der Waals surface area contributed by atoms with Gasteiger partial charge in [-0.1, -0.05) is 13.8 Å². The molecule has 1 rings (SSSR count). The summed E-state index contributed by atoms with van der Waals surface area (Å²) in [4.78, 5) is 3.25. The summed E-state index contributed by atoms with van der Waals surface area (Å²) in [7, 11) is 0. The standard InChI is InChI=1S/C9H16N2.HI/c1-3-5-9-10-6-8-11(9)7-4-2;/h6,8H,3-5,7H2,1-2H3;1H. The molecule has 0 saturated carbocycles. The molecule has 0 aliphatic rings. The quantitative estimate of drug-likeness (QED) is 0.521. The van der Waals surface area contributed by atoms with Crippen molar-refractivity contribution in [3.8, 4) is 0 Å². The molecule has 1 aromatic heterocycles. The number of H-pyrrole nitrogens is 1. The lowest BCUT2D eigenvalue weighted by Crippen LogP contribution is -3.00. The average Bonchev–Trinajstić information content (AvgIpc) is 2.39.